The summed E-state index contributed by atoms with van der Waals surface area (Å²) >= 11 is 0. The Morgan fingerprint density at radius 1 is 1.33 bits per heavy atom. The molecule has 1 atom stereocenters. The highest BCUT2D eigenvalue weighted by Gasteiger charge is 2.11. The van der Waals surface area contributed by atoms with E-state index < -0.39 is 10.1 Å². The second-order valence-electron chi connectivity index (χ2n) is 3.49. The van der Waals surface area contributed by atoms with Crippen molar-refractivity contribution >= 4 is 21.8 Å². The average Bonchev–Trinajstić information content (AvgIpc) is 2.27. The van der Waals surface area contributed by atoms with E-state index in [9.17, 15) is 13.2 Å². The van der Waals surface area contributed by atoms with Gasteiger partial charge >= 0.3 is 5.97 Å². The molecule has 18 heavy (non-hydrogen) atoms. The molecule has 0 saturated carbocycles. The number of carbonyl (C=O) groups is 1. The van der Waals surface area contributed by atoms with E-state index in [0.717, 1.165) is 5.69 Å². The Bertz CT molecular complexity index is 450. The summed E-state index contributed by atoms with van der Waals surface area (Å²) in [6.45, 7) is 1.76. The number of hydrogen-bond acceptors (Lipinski definition) is 5. The summed E-state index contributed by atoms with van der Waals surface area (Å²) in [5, 5.41) is 3.02. The predicted molar refractivity (Wildman–Crippen MR) is 69.0 cm³/mol. The lowest BCUT2D eigenvalue weighted by Crippen LogP contribution is -2.26. The van der Waals surface area contributed by atoms with Crippen molar-refractivity contribution in [3.8, 4) is 0 Å². The normalized spacial score (nSPS) is 11.8. The van der Waals surface area contributed by atoms with Gasteiger partial charge in [-0.1, -0.05) is 18.2 Å². The fourth-order valence-corrected chi connectivity index (χ4v) is 1.02. The van der Waals surface area contributed by atoms with Crippen LogP contribution in [0.3, 0.4) is 0 Å². The van der Waals surface area contributed by atoms with Gasteiger partial charge in [0.05, 0.1) is 13.4 Å². The van der Waals surface area contributed by atoms with Crippen molar-refractivity contribution in [1.29, 1.82) is 0 Å². The molecule has 0 saturated heterocycles. The third kappa shape index (κ3) is 9.61. The molecule has 0 amide bonds. The highest BCUT2D eigenvalue weighted by molar-refractivity contribution is 7.85. The number of carbonyl (C=O) groups excluding carboxylic acids is 1. The monoisotopic (exact) mass is 275 g/mol. The van der Waals surface area contributed by atoms with Crippen LogP contribution in [0.25, 0.3) is 0 Å². The minimum Gasteiger partial charge on any atom is -0.467 e. The number of hydrogen-bond donors (Lipinski definition) is 2. The van der Waals surface area contributed by atoms with Gasteiger partial charge in [0, 0.05) is 5.69 Å². The molecule has 1 aromatic carbocycles. The molecule has 102 valence electrons. The molecule has 0 aromatic heterocycles. The van der Waals surface area contributed by atoms with E-state index in [2.05, 4.69) is 10.1 Å². The quantitative estimate of drug-likeness (QED) is 0.635. The number of benzene rings is 1. The standard InChI is InChI=1S/C10H13NO2.CH4O3S/c1-8(10(12)13-2)11-9-6-4-3-5-7-9;1-5(2,3)4/h3-8,11H,1-2H3;1H3,(H,2,3,4)/t8-;/m0./s1. The third-order valence-corrected chi connectivity index (χ3v) is 1.71. The molecule has 0 bridgehead atoms. The van der Waals surface area contributed by atoms with Gasteiger partial charge < -0.3 is 10.1 Å². The van der Waals surface area contributed by atoms with E-state index >= 15 is 0 Å². The van der Waals surface area contributed by atoms with E-state index in [1.54, 1.807) is 6.92 Å². The molecule has 0 radical (unpaired) electrons. The van der Waals surface area contributed by atoms with Crippen LogP contribution in [0.15, 0.2) is 30.3 Å². The molecule has 0 unspecified atom stereocenters. The Kier molecular flexibility index (Phi) is 6.99. The van der Waals surface area contributed by atoms with Crippen LogP contribution in [-0.2, 0) is 19.6 Å². The topological polar surface area (TPSA) is 92.7 Å². The van der Waals surface area contributed by atoms with Gasteiger partial charge in [0.15, 0.2) is 0 Å². The van der Waals surface area contributed by atoms with Crippen molar-refractivity contribution in [3.63, 3.8) is 0 Å². The average molecular weight is 275 g/mol. The van der Waals surface area contributed by atoms with Crippen LogP contribution >= 0.6 is 0 Å². The maximum absolute atomic E-state index is 11.0. The molecule has 0 spiro atoms. The molecule has 0 fully saturated rings. The molecule has 2 N–H and O–H groups in total. The van der Waals surface area contributed by atoms with E-state index in [-0.39, 0.29) is 12.0 Å². The second-order valence-corrected chi connectivity index (χ2v) is 4.95. The number of para-hydroxylation sites is 1. The van der Waals surface area contributed by atoms with Crippen LogP contribution in [0.1, 0.15) is 6.92 Å². The summed E-state index contributed by atoms with van der Waals surface area (Å²) in [5.41, 5.74) is 0.917. The fourth-order valence-electron chi connectivity index (χ4n) is 1.02. The number of rotatable bonds is 3. The van der Waals surface area contributed by atoms with E-state index in [4.69, 9.17) is 4.55 Å². The van der Waals surface area contributed by atoms with Crippen molar-refractivity contribution in [2.75, 3.05) is 18.7 Å². The summed E-state index contributed by atoms with van der Waals surface area (Å²) in [4.78, 5) is 11.0. The lowest BCUT2D eigenvalue weighted by molar-refractivity contribution is -0.141. The number of methoxy groups -OCH3 is 1. The van der Waals surface area contributed by atoms with E-state index in [1.807, 2.05) is 30.3 Å². The van der Waals surface area contributed by atoms with Gasteiger partial charge in [-0.15, -0.1) is 0 Å². The van der Waals surface area contributed by atoms with Crippen molar-refractivity contribution in [2.24, 2.45) is 0 Å². The van der Waals surface area contributed by atoms with Crippen molar-refractivity contribution in [1.82, 2.24) is 0 Å². The molecule has 1 rings (SSSR count). The first-order valence-electron chi connectivity index (χ1n) is 5.06. The summed E-state index contributed by atoms with van der Waals surface area (Å²) in [5.74, 6) is -0.260. The van der Waals surface area contributed by atoms with Crippen LogP contribution in [-0.4, -0.2) is 38.3 Å². The van der Waals surface area contributed by atoms with Gasteiger partial charge in [0.25, 0.3) is 10.1 Å². The molecule has 6 nitrogen and oxygen atoms in total. The van der Waals surface area contributed by atoms with Crippen LogP contribution in [0, 0.1) is 0 Å². The summed E-state index contributed by atoms with van der Waals surface area (Å²) < 4.78 is 30.5. The molecular formula is C11H17NO5S. The lowest BCUT2D eigenvalue weighted by atomic mass is 10.3. The van der Waals surface area contributed by atoms with Gasteiger partial charge in [0.2, 0.25) is 0 Å². The van der Waals surface area contributed by atoms with Gasteiger partial charge in [-0.2, -0.15) is 8.42 Å². The van der Waals surface area contributed by atoms with Gasteiger partial charge in [-0.3, -0.25) is 4.55 Å². The number of anilines is 1. The van der Waals surface area contributed by atoms with Crippen molar-refractivity contribution < 1.29 is 22.5 Å². The molecule has 0 aliphatic rings. The summed E-state index contributed by atoms with van der Waals surface area (Å²) in [7, 11) is -2.29. The number of ether oxygens (including phenoxy) is 1. The lowest BCUT2D eigenvalue weighted by Gasteiger charge is -2.12. The minimum atomic E-state index is -3.67. The molecular weight excluding hydrogens is 258 g/mol. The van der Waals surface area contributed by atoms with Crippen LogP contribution in [0.5, 0.6) is 0 Å². The van der Waals surface area contributed by atoms with E-state index in [0.29, 0.717) is 6.26 Å². The number of esters is 1. The second kappa shape index (κ2) is 7.67. The maximum Gasteiger partial charge on any atom is 0.327 e. The first-order valence-corrected chi connectivity index (χ1v) is 6.90. The molecule has 0 aliphatic carbocycles. The zero-order chi connectivity index (χ0) is 14.2. The molecule has 1 aromatic rings. The summed E-state index contributed by atoms with van der Waals surface area (Å²) in [6, 6.07) is 9.23. The number of nitrogens with one attached hydrogen (secondary N) is 1. The van der Waals surface area contributed by atoms with Crippen molar-refractivity contribution in [3.05, 3.63) is 30.3 Å². The third-order valence-electron chi connectivity index (χ3n) is 1.71. The van der Waals surface area contributed by atoms with Crippen LogP contribution in [0.4, 0.5) is 5.69 Å². The van der Waals surface area contributed by atoms with Gasteiger partial charge in [-0.25, -0.2) is 4.79 Å². The zero-order valence-electron chi connectivity index (χ0n) is 10.5. The fraction of sp³-hybridized carbons (Fsp3) is 0.364. The Labute approximate surface area is 107 Å². The van der Waals surface area contributed by atoms with Crippen molar-refractivity contribution in [2.45, 2.75) is 13.0 Å². The maximum atomic E-state index is 11.0. The largest absolute Gasteiger partial charge is 0.467 e. The molecule has 0 aliphatic heterocycles. The Balaban J connectivity index is 0.000000494. The molecule has 7 heteroatoms. The minimum absolute atomic E-state index is 0.260. The van der Waals surface area contributed by atoms with Crippen LogP contribution < -0.4 is 5.32 Å². The first-order chi connectivity index (χ1) is 8.24. The Morgan fingerprint density at radius 2 is 1.78 bits per heavy atom. The van der Waals surface area contributed by atoms with E-state index in [1.165, 1.54) is 7.11 Å². The first kappa shape index (κ1) is 16.4. The Hall–Kier alpha value is -1.60. The summed E-state index contributed by atoms with van der Waals surface area (Å²) in [6.07, 6.45) is 0.715. The van der Waals surface area contributed by atoms with Gasteiger partial charge in [0.1, 0.15) is 6.04 Å². The highest BCUT2D eigenvalue weighted by atomic mass is 32.2. The predicted octanol–water partition coefficient (Wildman–Crippen LogP) is 1.16. The Morgan fingerprint density at radius 3 is 2.17 bits per heavy atom. The van der Waals surface area contributed by atoms with Crippen LogP contribution in [0.2, 0.25) is 0 Å². The zero-order valence-corrected chi connectivity index (χ0v) is 11.3. The molecule has 0 heterocycles. The smallest absolute Gasteiger partial charge is 0.327 e. The SMILES string of the molecule is COC(=O)[C@H](C)Nc1ccccc1.CS(=O)(=O)O. The van der Waals surface area contributed by atoms with Gasteiger partial charge in [-0.05, 0) is 19.1 Å². The highest BCUT2D eigenvalue weighted by Crippen LogP contribution is 2.07.